The average molecular weight is 807 g/mol. The van der Waals surface area contributed by atoms with Crippen molar-refractivity contribution in [1.29, 1.82) is 0 Å². The number of aromatic nitrogens is 3. The maximum atomic E-state index is 14.5. The molecule has 3 fully saturated rings. The van der Waals surface area contributed by atoms with Crippen molar-refractivity contribution in [1.82, 2.24) is 24.8 Å². The highest BCUT2D eigenvalue weighted by atomic mass is 19.3. The van der Waals surface area contributed by atoms with Gasteiger partial charge in [0.1, 0.15) is 25.4 Å². The minimum absolute atomic E-state index is 0.0634. The quantitative estimate of drug-likeness (QED) is 0.0984. The Balaban J connectivity index is 0.642. The number of piperidine rings is 1. The Labute approximate surface area is 338 Å². The molecule has 0 bridgehead atoms. The molecule has 0 radical (unpaired) electrons. The van der Waals surface area contributed by atoms with Gasteiger partial charge in [0.25, 0.3) is 17.7 Å². The lowest BCUT2D eigenvalue weighted by Gasteiger charge is -2.40. The number of aryl methyl sites for hydroxylation is 1. The summed E-state index contributed by atoms with van der Waals surface area (Å²) in [5.74, 6) is -4.00. The van der Waals surface area contributed by atoms with E-state index in [1.54, 1.807) is 30.6 Å². The molecule has 2 aromatic carbocycles. The van der Waals surface area contributed by atoms with Gasteiger partial charge in [-0.2, -0.15) is 0 Å². The van der Waals surface area contributed by atoms with Crippen LogP contribution in [0, 0.1) is 0 Å². The van der Waals surface area contributed by atoms with Crippen LogP contribution in [0.1, 0.15) is 52.8 Å². The molecule has 1 unspecified atom stereocenters. The van der Waals surface area contributed by atoms with Crippen LogP contribution < -0.4 is 15.0 Å². The number of hydrogen-bond donors (Lipinski definition) is 1. The molecular formula is C44H44F2N6O7. The molecule has 306 valence electrons. The second kappa shape index (κ2) is 15.8. The molecule has 2 saturated heterocycles. The highest BCUT2D eigenvalue weighted by molar-refractivity contribution is 6.23. The molecule has 13 nitrogen and oxygen atoms in total. The number of alkyl halides is 2. The van der Waals surface area contributed by atoms with Crippen LogP contribution in [-0.4, -0.2) is 107 Å². The lowest BCUT2D eigenvalue weighted by Crippen LogP contribution is -2.52. The molecule has 9 rings (SSSR count). The Morgan fingerprint density at radius 3 is 2.46 bits per heavy atom. The lowest BCUT2D eigenvalue weighted by molar-refractivity contribution is -0.160. The number of hydrogen-bond acceptors (Lipinski definition) is 10. The largest absolute Gasteiger partial charge is 0.474 e. The topological polar surface area (TPSA) is 137 Å². The van der Waals surface area contributed by atoms with Crippen molar-refractivity contribution >= 4 is 45.2 Å². The summed E-state index contributed by atoms with van der Waals surface area (Å²) in [6.07, 6.45) is 7.23. The number of ether oxygens (including phenoxy) is 4. The van der Waals surface area contributed by atoms with Gasteiger partial charge in [0, 0.05) is 104 Å². The van der Waals surface area contributed by atoms with Gasteiger partial charge in [0.05, 0.1) is 28.9 Å². The number of amides is 3. The fraction of sp³-hybridized carbons (Fsp3) is 0.386. The molecule has 59 heavy (non-hydrogen) atoms. The van der Waals surface area contributed by atoms with Crippen LogP contribution in [0.15, 0.2) is 85.5 Å². The van der Waals surface area contributed by atoms with Crippen LogP contribution in [0.25, 0.3) is 32.9 Å². The number of rotatable bonds is 15. The number of imide groups is 1. The number of halogens is 2. The summed E-state index contributed by atoms with van der Waals surface area (Å²) in [4.78, 5) is 50.5. The van der Waals surface area contributed by atoms with E-state index < -0.39 is 42.9 Å². The van der Waals surface area contributed by atoms with E-state index >= 15 is 0 Å². The van der Waals surface area contributed by atoms with Gasteiger partial charge in [0.2, 0.25) is 11.8 Å². The molecule has 1 N–H and O–H groups in total. The van der Waals surface area contributed by atoms with Gasteiger partial charge in [-0.15, -0.1) is 0 Å². The number of allylic oxidation sites excluding steroid dienone is 1. The van der Waals surface area contributed by atoms with Crippen LogP contribution in [-0.2, 0) is 26.1 Å². The van der Waals surface area contributed by atoms with Crippen molar-refractivity contribution in [2.45, 2.75) is 62.4 Å². The summed E-state index contributed by atoms with van der Waals surface area (Å²) in [6, 6.07) is 16.4. The summed E-state index contributed by atoms with van der Waals surface area (Å²) in [7, 11) is 2.04. The second-order valence-corrected chi connectivity index (χ2v) is 15.7. The summed E-state index contributed by atoms with van der Waals surface area (Å²) in [6.45, 7) is 3.91. The van der Waals surface area contributed by atoms with Crippen molar-refractivity contribution in [2.75, 3.05) is 44.4 Å². The Kier molecular flexibility index (Phi) is 10.4. The summed E-state index contributed by atoms with van der Waals surface area (Å²) < 4.78 is 53.8. The molecule has 1 saturated carbocycles. The molecule has 1 aliphatic carbocycles. The second-order valence-electron chi connectivity index (χ2n) is 15.7. The number of carbonyl (C=O) groups excluding carboxylic acids is 3. The maximum Gasteiger partial charge on any atom is 0.293 e. The Bertz CT molecular complexity index is 2440. The highest BCUT2D eigenvalue weighted by Crippen LogP contribution is 2.35. The lowest BCUT2D eigenvalue weighted by atomic mass is 9.92. The molecule has 5 aromatic rings. The van der Waals surface area contributed by atoms with Crippen LogP contribution in [0.5, 0.6) is 5.88 Å². The number of carbonyl (C=O) groups is 3. The number of pyridine rings is 2. The minimum Gasteiger partial charge on any atom is -0.474 e. The molecule has 3 aliphatic heterocycles. The average Bonchev–Trinajstić information content (AvgIpc) is 3.62. The van der Waals surface area contributed by atoms with Crippen molar-refractivity contribution in [3.8, 4) is 17.0 Å². The smallest absolute Gasteiger partial charge is 0.293 e. The highest BCUT2D eigenvalue weighted by Gasteiger charge is 2.44. The van der Waals surface area contributed by atoms with E-state index in [4.69, 9.17) is 18.9 Å². The molecule has 3 aromatic heterocycles. The first-order chi connectivity index (χ1) is 28.5. The van der Waals surface area contributed by atoms with Gasteiger partial charge in [0.15, 0.2) is 0 Å². The predicted molar refractivity (Wildman–Crippen MR) is 214 cm³/mol. The predicted octanol–water partition coefficient (Wildman–Crippen LogP) is 6.05. The third kappa shape index (κ3) is 7.77. The Morgan fingerprint density at radius 1 is 0.847 bits per heavy atom. The third-order valence-corrected chi connectivity index (χ3v) is 11.6. The van der Waals surface area contributed by atoms with Gasteiger partial charge in [-0.05, 0) is 61.2 Å². The van der Waals surface area contributed by atoms with Crippen molar-refractivity contribution in [3.63, 3.8) is 0 Å². The van der Waals surface area contributed by atoms with E-state index in [1.165, 1.54) is 0 Å². The van der Waals surface area contributed by atoms with E-state index in [0.717, 1.165) is 43.5 Å². The monoisotopic (exact) mass is 806 g/mol. The first-order valence-corrected chi connectivity index (χ1v) is 19.9. The molecule has 3 amide bonds. The van der Waals surface area contributed by atoms with Crippen LogP contribution in [0.4, 0.5) is 14.5 Å². The van der Waals surface area contributed by atoms with Gasteiger partial charge >= 0.3 is 0 Å². The van der Waals surface area contributed by atoms with Crippen molar-refractivity contribution < 1.29 is 42.1 Å². The van der Waals surface area contributed by atoms with E-state index in [9.17, 15) is 23.2 Å². The van der Waals surface area contributed by atoms with Gasteiger partial charge in [-0.25, -0.2) is 13.8 Å². The van der Waals surface area contributed by atoms with Crippen LogP contribution >= 0.6 is 0 Å². The number of benzene rings is 2. The molecule has 4 aliphatic rings. The first-order valence-electron chi connectivity index (χ1n) is 19.9. The summed E-state index contributed by atoms with van der Waals surface area (Å²) >= 11 is 0. The van der Waals surface area contributed by atoms with Gasteiger partial charge in [-0.1, -0.05) is 18.7 Å². The van der Waals surface area contributed by atoms with Crippen molar-refractivity contribution in [2.24, 2.45) is 7.05 Å². The molecule has 15 heteroatoms. The van der Waals surface area contributed by atoms with Gasteiger partial charge < -0.3 is 33.7 Å². The Morgan fingerprint density at radius 2 is 1.66 bits per heavy atom. The molecule has 1 atom stereocenters. The number of nitrogens with zero attached hydrogens (tertiary/aromatic N) is 5. The zero-order valence-electron chi connectivity index (χ0n) is 32.6. The van der Waals surface area contributed by atoms with E-state index in [2.05, 4.69) is 44.6 Å². The third-order valence-electron chi connectivity index (χ3n) is 11.6. The zero-order chi connectivity index (χ0) is 40.8. The minimum atomic E-state index is -3.12. The zero-order valence-corrected chi connectivity index (χ0v) is 32.6. The van der Waals surface area contributed by atoms with Crippen LogP contribution in [0.2, 0.25) is 0 Å². The summed E-state index contributed by atoms with van der Waals surface area (Å²) in [5, 5.41) is 4.89. The van der Waals surface area contributed by atoms with E-state index in [-0.39, 0.29) is 36.0 Å². The fourth-order valence-electron chi connectivity index (χ4n) is 8.18. The SMILES string of the molecule is C=C1CCC(N2C(=O)c3ccc(N4CC(OCCCOCC(F)(F)COC5CC(Oc6ccc(-c7ccc8c9cnccc9n(C)c8c7)cn6)C5)C4)cc3C2=O)C(=O)N1. The number of nitrogens with one attached hydrogen (secondary N) is 1. The number of fused-ring (bicyclic) bond motifs is 4. The maximum absolute atomic E-state index is 14.5. The van der Waals surface area contributed by atoms with E-state index in [0.29, 0.717) is 63.4 Å². The summed E-state index contributed by atoms with van der Waals surface area (Å²) in [5.41, 5.74) is 6.14. The first kappa shape index (κ1) is 38.7. The van der Waals surface area contributed by atoms with Crippen molar-refractivity contribution in [3.05, 3.63) is 96.6 Å². The molecule has 0 spiro atoms. The standard InChI is InChI=1S/C44H44F2N6O7/c1-26-4-10-38(41(53)49-26)52-42(54)34-9-7-29(17-35(34)43(52)55)51-22-32(23-51)57-15-3-14-56-24-44(45,46)25-58-30-18-31(19-30)59-40-11-6-28(20-48-40)27-5-8-33-36-21-47-13-12-37(36)50(2)39(33)16-27/h5-9,11-13,16-17,20-21,30-32,38H,1,3-4,10,14-15,18-19,22-25H2,2H3,(H,49,53). The molecule has 6 heterocycles. The normalized spacial score (nSPS) is 20.9. The van der Waals surface area contributed by atoms with Gasteiger partial charge in [-0.3, -0.25) is 24.3 Å². The fourth-order valence-corrected chi connectivity index (χ4v) is 8.18. The van der Waals surface area contributed by atoms with E-state index in [1.807, 2.05) is 36.3 Å². The van der Waals surface area contributed by atoms with Crippen LogP contribution in [0.3, 0.4) is 0 Å². The Hall–Kier alpha value is -5.77. The number of anilines is 1. The molecular weight excluding hydrogens is 763 g/mol.